The van der Waals surface area contributed by atoms with Crippen molar-refractivity contribution in [1.82, 2.24) is 14.3 Å². The van der Waals surface area contributed by atoms with Gasteiger partial charge < -0.3 is 0 Å². The maximum absolute atomic E-state index is 15.8. The van der Waals surface area contributed by atoms with Gasteiger partial charge >= 0.3 is 0 Å². The van der Waals surface area contributed by atoms with E-state index in [2.05, 4.69) is 9.71 Å². The smallest absolute Gasteiger partial charge is 0.257 e. The molecule has 0 saturated heterocycles. The average Bonchev–Trinajstić information content (AvgIpc) is 3.63. The van der Waals surface area contributed by atoms with Crippen molar-refractivity contribution < 1.29 is 26.0 Å². The molecule has 11 heteroatoms. The van der Waals surface area contributed by atoms with Crippen molar-refractivity contribution >= 4 is 10.0 Å². The molecule has 6 nitrogen and oxygen atoms in total. The molecule has 0 spiro atoms. The van der Waals surface area contributed by atoms with E-state index in [0.717, 1.165) is 6.07 Å². The standard InChI is InChI=1S/C27H27F4N3O3S/c1-15(2)34-14-32-22-10-9-21(33-38(36,37)27(31)11-12-27)19(23(22)26(34)35)13-16-5-3-6-17(24(16)29)18-7-4-8-20(28)25(18)30/h3-8,14-15,19,21,33H,9-13H2,1-2H3/t19-,21-/m0/s1. The largest absolute Gasteiger partial charge is 0.296 e. The van der Waals surface area contributed by atoms with Gasteiger partial charge in [-0.05, 0) is 44.7 Å². The first kappa shape index (κ1) is 26.6. The van der Waals surface area contributed by atoms with E-state index in [0.29, 0.717) is 5.69 Å². The summed E-state index contributed by atoms with van der Waals surface area (Å²) in [5.74, 6) is -4.01. The van der Waals surface area contributed by atoms with Crippen molar-refractivity contribution in [3.05, 3.63) is 87.4 Å². The van der Waals surface area contributed by atoms with Crippen molar-refractivity contribution in [1.29, 1.82) is 0 Å². The topological polar surface area (TPSA) is 81.1 Å². The maximum atomic E-state index is 15.8. The van der Waals surface area contributed by atoms with Crippen LogP contribution in [0.4, 0.5) is 17.6 Å². The second-order valence-electron chi connectivity index (χ2n) is 10.3. The van der Waals surface area contributed by atoms with Crippen LogP contribution in [0.15, 0.2) is 47.5 Å². The van der Waals surface area contributed by atoms with Crippen LogP contribution in [-0.2, 0) is 22.9 Å². The minimum atomic E-state index is -4.36. The zero-order chi connectivity index (χ0) is 27.4. The van der Waals surface area contributed by atoms with Gasteiger partial charge in [-0.2, -0.15) is 0 Å². The third kappa shape index (κ3) is 4.55. The summed E-state index contributed by atoms with van der Waals surface area (Å²) in [6, 6.07) is 6.57. The lowest BCUT2D eigenvalue weighted by atomic mass is 9.78. The number of aromatic nitrogens is 2. The number of aryl methyl sites for hydroxylation is 1. The number of alkyl halides is 1. The highest BCUT2D eigenvalue weighted by atomic mass is 32.2. The number of nitrogens with one attached hydrogen (secondary N) is 1. The first-order chi connectivity index (χ1) is 17.9. The van der Waals surface area contributed by atoms with E-state index in [1.807, 2.05) is 0 Å². The van der Waals surface area contributed by atoms with Crippen molar-refractivity contribution in [2.75, 3.05) is 0 Å². The molecule has 202 valence electrons. The molecule has 1 aromatic heterocycles. The molecule has 0 bridgehead atoms. The summed E-state index contributed by atoms with van der Waals surface area (Å²) in [4.78, 5) is 17.9. The lowest BCUT2D eigenvalue weighted by Crippen LogP contribution is -2.48. The normalized spacial score (nSPS) is 20.4. The molecule has 0 unspecified atom stereocenters. The Balaban J connectivity index is 1.61. The molecule has 2 atom stereocenters. The minimum Gasteiger partial charge on any atom is -0.296 e. The number of nitrogens with zero attached hydrogens (tertiary/aromatic N) is 2. The zero-order valence-corrected chi connectivity index (χ0v) is 21.7. The maximum Gasteiger partial charge on any atom is 0.257 e. The van der Waals surface area contributed by atoms with Crippen LogP contribution in [0.3, 0.4) is 0 Å². The fraction of sp³-hybridized carbons (Fsp3) is 0.407. The van der Waals surface area contributed by atoms with Gasteiger partial charge in [-0.3, -0.25) is 9.36 Å². The molecule has 0 aliphatic heterocycles. The van der Waals surface area contributed by atoms with Crippen LogP contribution in [0.25, 0.3) is 11.1 Å². The molecule has 1 saturated carbocycles. The first-order valence-electron chi connectivity index (χ1n) is 12.5. The minimum absolute atomic E-state index is 0.0777. The van der Waals surface area contributed by atoms with Crippen LogP contribution < -0.4 is 10.3 Å². The second-order valence-corrected chi connectivity index (χ2v) is 12.2. The summed E-state index contributed by atoms with van der Waals surface area (Å²) < 4.78 is 88.2. The van der Waals surface area contributed by atoms with Crippen LogP contribution >= 0.6 is 0 Å². The van der Waals surface area contributed by atoms with Gasteiger partial charge in [0, 0.05) is 47.5 Å². The molecule has 2 aromatic carbocycles. The van der Waals surface area contributed by atoms with Crippen LogP contribution in [0.5, 0.6) is 0 Å². The Morgan fingerprint density at radius 2 is 1.74 bits per heavy atom. The van der Waals surface area contributed by atoms with E-state index >= 15 is 4.39 Å². The van der Waals surface area contributed by atoms with Gasteiger partial charge in [-0.25, -0.2) is 35.7 Å². The predicted molar refractivity (Wildman–Crippen MR) is 134 cm³/mol. The van der Waals surface area contributed by atoms with Crippen LogP contribution in [-0.4, -0.2) is 29.0 Å². The van der Waals surface area contributed by atoms with Gasteiger partial charge in [0.2, 0.25) is 15.0 Å². The number of benzene rings is 2. The summed E-state index contributed by atoms with van der Waals surface area (Å²) in [6.07, 6.45) is 1.56. The van der Waals surface area contributed by atoms with Gasteiger partial charge in [0.15, 0.2) is 11.6 Å². The lowest BCUT2D eigenvalue weighted by Gasteiger charge is -2.34. The second kappa shape index (κ2) is 9.60. The number of fused-ring (bicyclic) bond motifs is 1. The molecule has 2 aliphatic rings. The van der Waals surface area contributed by atoms with Gasteiger partial charge in [-0.15, -0.1) is 0 Å². The van der Waals surface area contributed by atoms with E-state index in [1.165, 1.54) is 41.2 Å². The number of rotatable bonds is 7. The van der Waals surface area contributed by atoms with Gasteiger partial charge in [0.1, 0.15) is 5.82 Å². The number of sulfonamides is 1. The monoisotopic (exact) mass is 549 g/mol. The summed E-state index contributed by atoms with van der Waals surface area (Å²) in [7, 11) is -4.36. The average molecular weight is 550 g/mol. The first-order valence-corrected chi connectivity index (χ1v) is 13.9. The summed E-state index contributed by atoms with van der Waals surface area (Å²) in [5.41, 5.74) is -0.0178. The van der Waals surface area contributed by atoms with Crippen LogP contribution in [0.1, 0.15) is 61.9 Å². The molecule has 3 aromatic rings. The van der Waals surface area contributed by atoms with Gasteiger partial charge in [-0.1, -0.05) is 30.3 Å². The molecule has 5 rings (SSSR count). The molecule has 2 aliphatic carbocycles. The SMILES string of the molecule is CC(C)n1cnc2c(c1=O)[C@@H](Cc1cccc(-c3cccc(F)c3F)c1F)[C@@H](NS(=O)(=O)C1(F)CC1)CC2. The molecule has 1 fully saturated rings. The number of hydrogen-bond acceptors (Lipinski definition) is 4. The highest BCUT2D eigenvalue weighted by Gasteiger charge is 2.57. The highest BCUT2D eigenvalue weighted by molar-refractivity contribution is 7.91. The Hall–Kier alpha value is -3.05. The molecular weight excluding hydrogens is 522 g/mol. The Morgan fingerprint density at radius 3 is 2.39 bits per heavy atom. The van der Waals surface area contributed by atoms with E-state index in [1.54, 1.807) is 13.8 Å². The van der Waals surface area contributed by atoms with Gasteiger partial charge in [0.05, 0.1) is 12.0 Å². The Bertz CT molecular complexity index is 1570. The lowest BCUT2D eigenvalue weighted by molar-refractivity contribution is 0.371. The Kier molecular flexibility index (Phi) is 6.71. The molecular formula is C27H27F4N3O3S. The highest BCUT2D eigenvalue weighted by Crippen LogP contribution is 2.45. The fourth-order valence-electron chi connectivity index (χ4n) is 5.10. The molecule has 1 N–H and O–H groups in total. The van der Waals surface area contributed by atoms with Crippen LogP contribution in [0, 0.1) is 17.5 Å². The van der Waals surface area contributed by atoms with Gasteiger partial charge in [0.25, 0.3) is 5.56 Å². The fourth-order valence-corrected chi connectivity index (χ4v) is 6.63. The van der Waals surface area contributed by atoms with Crippen molar-refractivity contribution in [2.24, 2.45) is 0 Å². The molecule has 1 heterocycles. The van der Waals surface area contributed by atoms with Crippen molar-refractivity contribution in [3.8, 4) is 11.1 Å². The number of hydrogen-bond donors (Lipinski definition) is 1. The quantitative estimate of drug-likeness (QED) is 0.424. The molecule has 38 heavy (non-hydrogen) atoms. The van der Waals surface area contributed by atoms with E-state index < -0.39 is 44.4 Å². The van der Waals surface area contributed by atoms with Crippen molar-refractivity contribution in [3.63, 3.8) is 0 Å². The third-order valence-corrected chi connectivity index (χ3v) is 9.39. The zero-order valence-electron chi connectivity index (χ0n) is 20.8. The summed E-state index contributed by atoms with van der Waals surface area (Å²) in [5, 5.41) is -2.36. The van der Waals surface area contributed by atoms with Crippen molar-refractivity contribution in [2.45, 2.75) is 69.0 Å². The Morgan fingerprint density at radius 1 is 1.08 bits per heavy atom. The predicted octanol–water partition coefficient (Wildman–Crippen LogP) is 4.93. The third-order valence-electron chi connectivity index (χ3n) is 7.41. The summed E-state index contributed by atoms with van der Waals surface area (Å²) in [6.45, 7) is 3.59. The Labute approximate surface area is 217 Å². The summed E-state index contributed by atoms with van der Waals surface area (Å²) >= 11 is 0. The molecule has 0 radical (unpaired) electrons. The van der Waals surface area contributed by atoms with Crippen LogP contribution in [0.2, 0.25) is 0 Å². The van der Waals surface area contributed by atoms with E-state index in [-0.39, 0.29) is 66.0 Å². The molecule has 0 amide bonds. The number of halogens is 4. The van der Waals surface area contributed by atoms with E-state index in [4.69, 9.17) is 0 Å². The van der Waals surface area contributed by atoms with E-state index in [9.17, 15) is 26.4 Å².